The number of aliphatic hydroxyl groups is 1. The molecule has 0 aromatic carbocycles. The van der Waals surface area contributed by atoms with Crippen LogP contribution in [0.3, 0.4) is 0 Å². The Morgan fingerprint density at radius 2 is 2.25 bits per heavy atom. The molecule has 2 rings (SSSR count). The minimum absolute atomic E-state index is 0.0344. The minimum Gasteiger partial charge on any atom is -0.396 e. The Labute approximate surface area is 126 Å². The lowest BCUT2D eigenvalue weighted by Gasteiger charge is -2.32. The summed E-state index contributed by atoms with van der Waals surface area (Å²) in [6.07, 6.45) is 4.39. The van der Waals surface area contributed by atoms with Crippen LogP contribution in [-0.2, 0) is 11.3 Å². The average molecular weight is 343 g/mol. The minimum atomic E-state index is -0.175. The normalized spacial score (nSPS) is 19.1. The van der Waals surface area contributed by atoms with E-state index in [1.54, 1.807) is 17.2 Å². The Morgan fingerprint density at radius 1 is 1.45 bits per heavy atom. The fourth-order valence-electron chi connectivity index (χ4n) is 2.58. The molecule has 1 aromatic rings. The van der Waals surface area contributed by atoms with E-state index in [-0.39, 0.29) is 24.6 Å². The molecular formula is C14H19BrN2O3. The largest absolute Gasteiger partial charge is 0.396 e. The van der Waals surface area contributed by atoms with Gasteiger partial charge in [-0.2, -0.15) is 0 Å². The van der Waals surface area contributed by atoms with Gasteiger partial charge < -0.3 is 14.6 Å². The maximum atomic E-state index is 12.3. The summed E-state index contributed by atoms with van der Waals surface area (Å²) in [6.45, 7) is 1.66. The van der Waals surface area contributed by atoms with E-state index < -0.39 is 0 Å². The number of carbonyl (C=O) groups excluding carboxylic acids is 1. The summed E-state index contributed by atoms with van der Waals surface area (Å²) in [5, 5.41) is 8.99. The number of aromatic nitrogens is 1. The van der Waals surface area contributed by atoms with E-state index in [4.69, 9.17) is 5.11 Å². The van der Waals surface area contributed by atoms with Crippen LogP contribution in [0.2, 0.25) is 0 Å². The van der Waals surface area contributed by atoms with Crippen LogP contribution in [0, 0.1) is 5.92 Å². The van der Waals surface area contributed by atoms with Crippen molar-refractivity contribution < 1.29 is 9.90 Å². The van der Waals surface area contributed by atoms with Crippen molar-refractivity contribution in [3.8, 4) is 0 Å². The highest BCUT2D eigenvalue weighted by Gasteiger charge is 2.23. The van der Waals surface area contributed by atoms with Gasteiger partial charge in [-0.1, -0.05) is 0 Å². The molecule has 0 radical (unpaired) electrons. The summed E-state index contributed by atoms with van der Waals surface area (Å²) in [5.41, 5.74) is -0.175. The van der Waals surface area contributed by atoms with Crippen molar-refractivity contribution in [3.63, 3.8) is 0 Å². The zero-order valence-corrected chi connectivity index (χ0v) is 12.9. The zero-order chi connectivity index (χ0) is 14.5. The quantitative estimate of drug-likeness (QED) is 0.895. The third-order valence-corrected chi connectivity index (χ3v) is 4.13. The Balaban J connectivity index is 2.00. The molecule has 2 heterocycles. The number of piperidine rings is 1. The van der Waals surface area contributed by atoms with Gasteiger partial charge in [0.15, 0.2) is 0 Å². The smallest absolute Gasteiger partial charge is 0.251 e. The van der Waals surface area contributed by atoms with Crippen molar-refractivity contribution in [2.24, 2.45) is 5.92 Å². The first kappa shape index (κ1) is 15.3. The average Bonchev–Trinajstić information content (AvgIpc) is 2.43. The SMILES string of the molecule is O=C(Cn1cc(Br)ccc1=O)N1CCCC(CCO)C1. The van der Waals surface area contributed by atoms with Gasteiger partial charge in [0.05, 0.1) is 0 Å². The van der Waals surface area contributed by atoms with Crippen molar-refractivity contribution in [3.05, 3.63) is 33.2 Å². The molecule has 0 saturated carbocycles. The van der Waals surface area contributed by atoms with Crippen molar-refractivity contribution in [1.29, 1.82) is 0 Å². The summed E-state index contributed by atoms with van der Waals surface area (Å²) in [4.78, 5) is 25.8. The van der Waals surface area contributed by atoms with Gasteiger partial charge in [-0.05, 0) is 47.2 Å². The molecule has 1 aliphatic rings. The lowest BCUT2D eigenvalue weighted by Crippen LogP contribution is -2.42. The van der Waals surface area contributed by atoms with Gasteiger partial charge in [0.25, 0.3) is 5.56 Å². The zero-order valence-electron chi connectivity index (χ0n) is 11.3. The number of amides is 1. The Morgan fingerprint density at radius 3 is 3.00 bits per heavy atom. The van der Waals surface area contributed by atoms with Gasteiger partial charge in [0, 0.05) is 36.4 Å². The molecule has 20 heavy (non-hydrogen) atoms. The maximum Gasteiger partial charge on any atom is 0.251 e. The monoisotopic (exact) mass is 342 g/mol. The van der Waals surface area contributed by atoms with Gasteiger partial charge in [-0.3, -0.25) is 9.59 Å². The molecule has 6 heteroatoms. The first-order valence-electron chi connectivity index (χ1n) is 6.85. The third-order valence-electron chi connectivity index (χ3n) is 3.66. The predicted molar refractivity (Wildman–Crippen MR) is 79.4 cm³/mol. The highest BCUT2D eigenvalue weighted by atomic mass is 79.9. The summed E-state index contributed by atoms with van der Waals surface area (Å²) >= 11 is 3.30. The van der Waals surface area contributed by atoms with Gasteiger partial charge in [-0.25, -0.2) is 0 Å². The topological polar surface area (TPSA) is 62.5 Å². The first-order valence-corrected chi connectivity index (χ1v) is 7.64. The second-order valence-electron chi connectivity index (χ2n) is 5.17. The van der Waals surface area contributed by atoms with Gasteiger partial charge >= 0.3 is 0 Å². The van der Waals surface area contributed by atoms with E-state index in [0.29, 0.717) is 12.5 Å². The number of carbonyl (C=O) groups is 1. The molecule has 0 aliphatic carbocycles. The Hall–Kier alpha value is -1.14. The molecule has 1 atom stereocenters. The van der Waals surface area contributed by atoms with Crippen LogP contribution >= 0.6 is 15.9 Å². The summed E-state index contributed by atoms with van der Waals surface area (Å²) in [6, 6.07) is 3.11. The van der Waals surface area contributed by atoms with E-state index >= 15 is 0 Å². The number of halogens is 1. The molecule has 0 spiro atoms. The number of rotatable bonds is 4. The van der Waals surface area contributed by atoms with Crippen LogP contribution in [0.1, 0.15) is 19.3 Å². The molecule has 0 bridgehead atoms. The van der Waals surface area contributed by atoms with Gasteiger partial charge in [0.2, 0.25) is 5.91 Å². The molecule has 1 aromatic heterocycles. The fourth-order valence-corrected chi connectivity index (χ4v) is 2.96. The molecule has 1 aliphatic heterocycles. The van der Waals surface area contributed by atoms with E-state index in [0.717, 1.165) is 30.3 Å². The van der Waals surface area contributed by atoms with Gasteiger partial charge in [-0.15, -0.1) is 0 Å². The fraction of sp³-hybridized carbons (Fsp3) is 0.571. The van der Waals surface area contributed by atoms with Gasteiger partial charge in [0.1, 0.15) is 6.54 Å². The summed E-state index contributed by atoms with van der Waals surface area (Å²) < 4.78 is 2.20. The first-order chi connectivity index (χ1) is 9.60. The molecule has 1 amide bonds. The number of nitrogens with zero attached hydrogens (tertiary/aromatic N) is 2. The number of aliphatic hydroxyl groups excluding tert-OH is 1. The molecule has 1 saturated heterocycles. The second-order valence-corrected chi connectivity index (χ2v) is 6.09. The maximum absolute atomic E-state index is 12.3. The number of hydrogen-bond acceptors (Lipinski definition) is 3. The van der Waals surface area contributed by atoms with Crippen LogP contribution < -0.4 is 5.56 Å². The Bertz CT molecular complexity index is 527. The van der Waals surface area contributed by atoms with Crippen molar-refractivity contribution >= 4 is 21.8 Å². The molecule has 5 nitrogen and oxygen atoms in total. The van der Waals surface area contributed by atoms with Crippen molar-refractivity contribution in [2.75, 3.05) is 19.7 Å². The van der Waals surface area contributed by atoms with Crippen molar-refractivity contribution in [2.45, 2.75) is 25.8 Å². The van der Waals surface area contributed by atoms with Crippen LogP contribution in [-0.4, -0.2) is 40.2 Å². The number of pyridine rings is 1. The highest BCUT2D eigenvalue weighted by Crippen LogP contribution is 2.19. The lowest BCUT2D eigenvalue weighted by molar-refractivity contribution is -0.133. The Kier molecular flexibility index (Phi) is 5.37. The van der Waals surface area contributed by atoms with Crippen LogP contribution in [0.5, 0.6) is 0 Å². The number of likely N-dealkylation sites (tertiary alicyclic amines) is 1. The van der Waals surface area contributed by atoms with E-state index in [2.05, 4.69) is 15.9 Å². The molecule has 1 unspecified atom stereocenters. The van der Waals surface area contributed by atoms with E-state index in [1.165, 1.54) is 10.6 Å². The molecule has 110 valence electrons. The van der Waals surface area contributed by atoms with Crippen LogP contribution in [0.15, 0.2) is 27.6 Å². The van der Waals surface area contributed by atoms with E-state index in [1.807, 2.05) is 0 Å². The second kappa shape index (κ2) is 7.04. The highest BCUT2D eigenvalue weighted by molar-refractivity contribution is 9.10. The third kappa shape index (κ3) is 3.93. The number of hydrogen-bond donors (Lipinski definition) is 1. The predicted octanol–water partition coefficient (Wildman–Crippen LogP) is 1.23. The summed E-state index contributed by atoms with van der Waals surface area (Å²) in [7, 11) is 0. The van der Waals surface area contributed by atoms with E-state index in [9.17, 15) is 9.59 Å². The summed E-state index contributed by atoms with van der Waals surface area (Å²) in [5.74, 6) is 0.338. The molecule has 1 fully saturated rings. The lowest BCUT2D eigenvalue weighted by atomic mass is 9.95. The standard InChI is InChI=1S/C14H19BrN2O3/c15-12-3-4-13(19)17(9-12)10-14(20)16-6-1-2-11(8-16)5-7-18/h3-4,9,11,18H,1-2,5-8,10H2. The molecular weight excluding hydrogens is 324 g/mol. The van der Waals surface area contributed by atoms with Crippen molar-refractivity contribution in [1.82, 2.24) is 9.47 Å². The van der Waals surface area contributed by atoms with Crippen LogP contribution in [0.4, 0.5) is 0 Å². The van der Waals surface area contributed by atoms with Crippen LogP contribution in [0.25, 0.3) is 0 Å². The molecule has 1 N–H and O–H groups in total.